The number of fused-ring (bicyclic) bond motifs is 3. The molecule has 0 N–H and O–H groups in total. The Bertz CT molecular complexity index is 558. The highest BCUT2D eigenvalue weighted by Gasteiger charge is 2.36. The Morgan fingerprint density at radius 1 is 1.22 bits per heavy atom. The molecule has 2 heteroatoms. The summed E-state index contributed by atoms with van der Waals surface area (Å²) in [6, 6.07) is 0. The molecule has 92 valence electrons. The molecule has 0 aromatic heterocycles. The van der Waals surface area contributed by atoms with Crippen molar-refractivity contribution in [2.24, 2.45) is 5.92 Å². The fraction of sp³-hybridized carbons (Fsp3) is 0.438. The second kappa shape index (κ2) is 3.71. The summed E-state index contributed by atoms with van der Waals surface area (Å²) in [4.78, 5) is 11.6. The van der Waals surface area contributed by atoms with Crippen LogP contribution in [0.25, 0.3) is 0 Å². The van der Waals surface area contributed by atoms with Crippen molar-refractivity contribution < 1.29 is 9.53 Å². The second-order valence-electron chi connectivity index (χ2n) is 5.51. The van der Waals surface area contributed by atoms with Gasteiger partial charge in [0.1, 0.15) is 11.5 Å². The fourth-order valence-electron chi connectivity index (χ4n) is 3.56. The highest BCUT2D eigenvalue weighted by atomic mass is 16.5. The summed E-state index contributed by atoms with van der Waals surface area (Å²) in [5.41, 5.74) is 5.45. The van der Waals surface area contributed by atoms with Gasteiger partial charge in [-0.3, -0.25) is 4.79 Å². The zero-order valence-electron chi connectivity index (χ0n) is 10.4. The monoisotopic (exact) mass is 240 g/mol. The quantitative estimate of drug-likeness (QED) is 0.649. The van der Waals surface area contributed by atoms with E-state index in [1.807, 2.05) is 0 Å². The molecule has 0 saturated carbocycles. The van der Waals surface area contributed by atoms with Crippen molar-refractivity contribution in [2.45, 2.75) is 32.1 Å². The van der Waals surface area contributed by atoms with Gasteiger partial charge in [-0.05, 0) is 24.0 Å². The third-order valence-corrected chi connectivity index (χ3v) is 4.46. The van der Waals surface area contributed by atoms with Crippen LogP contribution in [0.5, 0.6) is 0 Å². The third-order valence-electron chi connectivity index (χ3n) is 4.46. The summed E-state index contributed by atoms with van der Waals surface area (Å²) in [5, 5.41) is 0. The van der Waals surface area contributed by atoms with E-state index in [4.69, 9.17) is 4.74 Å². The van der Waals surface area contributed by atoms with Crippen LogP contribution in [0.2, 0.25) is 0 Å². The Kier molecular flexibility index (Phi) is 2.14. The van der Waals surface area contributed by atoms with Gasteiger partial charge < -0.3 is 4.74 Å². The lowest BCUT2D eigenvalue weighted by Crippen LogP contribution is -2.22. The van der Waals surface area contributed by atoms with E-state index in [-0.39, 0.29) is 0 Å². The van der Waals surface area contributed by atoms with Crippen LogP contribution in [0.3, 0.4) is 0 Å². The number of allylic oxidation sites excluding steroid dienone is 6. The molecule has 0 spiro atoms. The maximum Gasteiger partial charge on any atom is 0.137 e. The van der Waals surface area contributed by atoms with E-state index in [0.717, 1.165) is 38.0 Å². The first-order valence-corrected chi connectivity index (χ1v) is 6.81. The summed E-state index contributed by atoms with van der Waals surface area (Å²) >= 11 is 0. The van der Waals surface area contributed by atoms with Crippen molar-refractivity contribution in [3.63, 3.8) is 0 Å². The molecule has 0 aromatic rings. The second-order valence-corrected chi connectivity index (χ2v) is 5.51. The van der Waals surface area contributed by atoms with Crippen LogP contribution in [-0.4, -0.2) is 12.4 Å². The summed E-state index contributed by atoms with van der Waals surface area (Å²) in [6.07, 6.45) is 11.1. The minimum atomic E-state index is 0.388. The molecule has 1 unspecified atom stereocenters. The maximum atomic E-state index is 11.6. The van der Waals surface area contributed by atoms with Gasteiger partial charge in [-0.25, -0.2) is 0 Å². The number of hydrogen-bond acceptors (Lipinski definition) is 2. The van der Waals surface area contributed by atoms with Gasteiger partial charge in [-0.15, -0.1) is 0 Å². The first-order valence-electron chi connectivity index (χ1n) is 6.81. The highest BCUT2D eigenvalue weighted by Crippen LogP contribution is 2.46. The molecule has 0 radical (unpaired) electrons. The number of carbonyl (C=O) groups is 1. The van der Waals surface area contributed by atoms with Crippen molar-refractivity contribution in [1.29, 1.82) is 0 Å². The zero-order valence-corrected chi connectivity index (χ0v) is 10.4. The summed E-state index contributed by atoms with van der Waals surface area (Å²) in [7, 11) is 0. The van der Waals surface area contributed by atoms with Gasteiger partial charge in [0.2, 0.25) is 0 Å². The normalized spacial score (nSPS) is 29.7. The van der Waals surface area contributed by atoms with E-state index < -0.39 is 0 Å². The van der Waals surface area contributed by atoms with Gasteiger partial charge in [0.25, 0.3) is 0 Å². The molecule has 18 heavy (non-hydrogen) atoms. The Hall–Kier alpha value is -1.57. The average Bonchev–Trinajstić information content (AvgIpc) is 2.76. The van der Waals surface area contributed by atoms with E-state index in [2.05, 4.69) is 18.2 Å². The van der Waals surface area contributed by atoms with Crippen LogP contribution in [-0.2, 0) is 9.53 Å². The van der Waals surface area contributed by atoms with Gasteiger partial charge in [0, 0.05) is 30.8 Å². The average molecular weight is 240 g/mol. The molecule has 0 aromatic carbocycles. The van der Waals surface area contributed by atoms with Gasteiger partial charge >= 0.3 is 0 Å². The number of ether oxygens (including phenoxy) is 1. The minimum absolute atomic E-state index is 0.388. The van der Waals surface area contributed by atoms with Crippen LogP contribution in [0, 0.1) is 5.92 Å². The molecule has 0 bridgehead atoms. The number of carbonyl (C=O) groups excluding carboxylic acids is 1. The molecule has 2 nitrogen and oxygen atoms in total. The molecular weight excluding hydrogens is 224 g/mol. The Morgan fingerprint density at radius 3 is 3.11 bits per heavy atom. The predicted molar refractivity (Wildman–Crippen MR) is 68.8 cm³/mol. The molecule has 4 rings (SSSR count). The predicted octanol–water partition coefficient (Wildman–Crippen LogP) is 3.23. The minimum Gasteiger partial charge on any atom is -0.496 e. The van der Waals surface area contributed by atoms with Gasteiger partial charge in [-0.2, -0.15) is 0 Å². The Balaban J connectivity index is 1.76. The van der Waals surface area contributed by atoms with E-state index in [1.165, 1.54) is 22.3 Å². The molecule has 3 aliphatic carbocycles. The molecule has 0 fully saturated rings. The summed E-state index contributed by atoms with van der Waals surface area (Å²) in [5.74, 6) is 1.97. The van der Waals surface area contributed by atoms with Gasteiger partial charge in [0.05, 0.1) is 6.61 Å². The molecule has 1 heterocycles. The zero-order chi connectivity index (χ0) is 12.1. The molecule has 1 aliphatic heterocycles. The molecule has 4 aliphatic rings. The van der Waals surface area contributed by atoms with E-state index in [0.29, 0.717) is 18.1 Å². The lowest BCUT2D eigenvalue weighted by atomic mass is 9.82. The van der Waals surface area contributed by atoms with E-state index in [9.17, 15) is 4.79 Å². The third kappa shape index (κ3) is 1.38. The van der Waals surface area contributed by atoms with Gasteiger partial charge in [-0.1, -0.05) is 23.8 Å². The summed E-state index contributed by atoms with van der Waals surface area (Å²) < 4.78 is 5.94. The van der Waals surface area contributed by atoms with Crippen LogP contribution in [0.1, 0.15) is 32.1 Å². The van der Waals surface area contributed by atoms with Crippen molar-refractivity contribution in [1.82, 2.24) is 0 Å². The maximum absolute atomic E-state index is 11.6. The van der Waals surface area contributed by atoms with Crippen molar-refractivity contribution in [2.75, 3.05) is 6.61 Å². The molecular formula is C16H16O2. The topological polar surface area (TPSA) is 26.3 Å². The van der Waals surface area contributed by atoms with E-state index in [1.54, 1.807) is 0 Å². The number of rotatable bonds is 0. The number of ketones is 1. The Morgan fingerprint density at radius 2 is 2.17 bits per heavy atom. The molecule has 0 saturated heterocycles. The largest absolute Gasteiger partial charge is 0.496 e. The van der Waals surface area contributed by atoms with Crippen molar-refractivity contribution >= 4 is 5.78 Å². The van der Waals surface area contributed by atoms with Crippen LogP contribution >= 0.6 is 0 Å². The van der Waals surface area contributed by atoms with Crippen molar-refractivity contribution in [3.8, 4) is 0 Å². The SMILES string of the molecule is O=C1CCC2=C(C=C3C4=C(CCC=C4)OCC32)C1. The highest BCUT2D eigenvalue weighted by molar-refractivity contribution is 5.84. The van der Waals surface area contributed by atoms with Gasteiger partial charge in [0.15, 0.2) is 0 Å². The van der Waals surface area contributed by atoms with E-state index >= 15 is 0 Å². The number of Topliss-reactive ketones (excluding diaryl/α,β-unsaturated/α-hetero) is 1. The lowest BCUT2D eigenvalue weighted by molar-refractivity contribution is -0.118. The molecule has 0 amide bonds. The number of hydrogen-bond donors (Lipinski definition) is 0. The standard InChI is InChI=1S/C16H16O2/c17-11-5-6-12-10(7-11)8-14-13-3-1-2-4-16(13)18-9-15(12)14/h1,3,8,15H,2,4-7,9H2. The van der Waals surface area contributed by atoms with Crippen LogP contribution < -0.4 is 0 Å². The first-order chi connectivity index (χ1) is 8.83. The summed E-state index contributed by atoms with van der Waals surface area (Å²) in [6.45, 7) is 0.783. The Labute approximate surface area is 107 Å². The first kappa shape index (κ1) is 10.4. The van der Waals surface area contributed by atoms with Crippen molar-refractivity contribution in [3.05, 3.63) is 46.3 Å². The molecule has 1 atom stereocenters. The van der Waals surface area contributed by atoms with Crippen LogP contribution in [0.15, 0.2) is 46.3 Å². The smallest absolute Gasteiger partial charge is 0.137 e. The van der Waals surface area contributed by atoms with Crippen LogP contribution in [0.4, 0.5) is 0 Å². The fourth-order valence-corrected chi connectivity index (χ4v) is 3.56. The lowest BCUT2D eigenvalue weighted by Gasteiger charge is -2.30.